The number of carbonyl (C=O) groups is 2. The molecule has 0 spiro atoms. The average Bonchev–Trinajstić information content (AvgIpc) is 2.96. The number of rotatable bonds is 8. The summed E-state index contributed by atoms with van der Waals surface area (Å²) in [6.45, 7) is 8.28. The van der Waals surface area contributed by atoms with E-state index in [-0.39, 0.29) is 30.8 Å². The molecule has 0 atom stereocenters. The number of para-hydroxylation sites is 1. The van der Waals surface area contributed by atoms with E-state index in [0.29, 0.717) is 31.4 Å². The van der Waals surface area contributed by atoms with Crippen molar-refractivity contribution in [1.82, 2.24) is 15.2 Å². The quantitative estimate of drug-likeness (QED) is 0.564. The van der Waals surface area contributed by atoms with E-state index in [2.05, 4.69) is 42.5 Å². The van der Waals surface area contributed by atoms with E-state index in [4.69, 9.17) is 4.74 Å². The van der Waals surface area contributed by atoms with Crippen LogP contribution in [0.15, 0.2) is 36.5 Å². The first-order chi connectivity index (χ1) is 15.4. The lowest BCUT2D eigenvalue weighted by atomic mass is 9.98. The molecule has 2 aromatic rings. The number of pyridine rings is 1. The van der Waals surface area contributed by atoms with Crippen LogP contribution in [0.5, 0.6) is 5.75 Å². The van der Waals surface area contributed by atoms with E-state index in [0.717, 1.165) is 34.4 Å². The van der Waals surface area contributed by atoms with Crippen molar-refractivity contribution in [2.24, 2.45) is 0 Å². The van der Waals surface area contributed by atoms with Gasteiger partial charge in [-0.15, -0.1) is 12.4 Å². The molecule has 33 heavy (non-hydrogen) atoms. The molecule has 0 radical (unpaired) electrons. The normalized spacial score (nSPS) is 13.2. The third-order valence-corrected chi connectivity index (χ3v) is 5.25. The number of likely N-dealkylation sites (N-methyl/N-ethyl adjacent to an activating group) is 1. The molecule has 2 heterocycles. The predicted octanol–water partition coefficient (Wildman–Crippen LogP) is 4.13. The molecular weight excluding hydrogens is 440 g/mol. The highest BCUT2D eigenvalue weighted by atomic mass is 35.5. The molecule has 1 aliphatic rings. The number of aromatic nitrogens is 1. The second-order valence-electron chi connectivity index (χ2n) is 8.29. The molecule has 0 fully saturated rings. The van der Waals surface area contributed by atoms with Crippen LogP contribution in [0, 0.1) is 0 Å². The Balaban J connectivity index is 0.00000385. The van der Waals surface area contributed by atoms with Crippen LogP contribution in [0.2, 0.25) is 0 Å². The Labute approximate surface area is 202 Å². The Bertz CT molecular complexity index is 1010. The Morgan fingerprint density at radius 1 is 1.30 bits per heavy atom. The second-order valence-corrected chi connectivity index (χ2v) is 8.29. The largest absolute Gasteiger partial charge is 0.493 e. The first-order valence-corrected chi connectivity index (χ1v) is 11.1. The van der Waals surface area contributed by atoms with Crippen molar-refractivity contribution in [2.45, 2.75) is 46.2 Å². The number of anilines is 1. The molecule has 0 saturated carbocycles. The van der Waals surface area contributed by atoms with Gasteiger partial charge in [-0.1, -0.05) is 39.0 Å². The molecule has 0 bridgehead atoms. The maximum absolute atomic E-state index is 12.8. The van der Waals surface area contributed by atoms with E-state index in [1.807, 2.05) is 18.2 Å². The molecule has 1 aromatic heterocycles. The first kappa shape index (κ1) is 26.4. The fourth-order valence-corrected chi connectivity index (χ4v) is 3.55. The van der Waals surface area contributed by atoms with Crippen molar-refractivity contribution in [1.29, 1.82) is 0 Å². The van der Waals surface area contributed by atoms with Crippen LogP contribution in [0.25, 0.3) is 6.08 Å². The van der Waals surface area contributed by atoms with Gasteiger partial charge in [-0.3, -0.25) is 9.59 Å². The van der Waals surface area contributed by atoms with Gasteiger partial charge in [0.15, 0.2) is 0 Å². The molecule has 0 saturated heterocycles. The minimum absolute atomic E-state index is 0. The predicted molar refractivity (Wildman–Crippen MR) is 134 cm³/mol. The highest BCUT2D eigenvalue weighted by molar-refractivity contribution is 5.93. The minimum Gasteiger partial charge on any atom is -0.493 e. The summed E-state index contributed by atoms with van der Waals surface area (Å²) in [6, 6.07) is 8.05. The standard InChI is InChI=1S/C25H32N4O3.ClH/c1-5-11-32-24-19(7-6-8-21(24)17(2)3)16-29(4)23(31)10-9-18-12-20-14-26-15-22(30)28-25(20)27-13-18;/h6-10,12-13,17,26H,5,11,14-16H2,1-4H3,(H,27,28,30);1H. The minimum atomic E-state index is -0.111. The van der Waals surface area contributed by atoms with Crippen molar-refractivity contribution >= 4 is 36.1 Å². The Morgan fingerprint density at radius 2 is 2.09 bits per heavy atom. The molecule has 8 heteroatoms. The van der Waals surface area contributed by atoms with E-state index in [1.165, 1.54) is 0 Å². The lowest BCUT2D eigenvalue weighted by Crippen LogP contribution is -2.24. The highest BCUT2D eigenvalue weighted by Gasteiger charge is 2.16. The lowest BCUT2D eigenvalue weighted by Gasteiger charge is -2.21. The van der Waals surface area contributed by atoms with Crippen LogP contribution in [0.3, 0.4) is 0 Å². The van der Waals surface area contributed by atoms with Crippen molar-refractivity contribution in [3.63, 3.8) is 0 Å². The number of hydrogen-bond donors (Lipinski definition) is 2. The third kappa shape index (κ3) is 7.04. The van der Waals surface area contributed by atoms with Crippen LogP contribution in [-0.4, -0.2) is 41.9 Å². The van der Waals surface area contributed by atoms with Crippen LogP contribution in [-0.2, 0) is 22.7 Å². The fraction of sp³-hybridized carbons (Fsp3) is 0.400. The van der Waals surface area contributed by atoms with Crippen LogP contribution >= 0.6 is 12.4 Å². The summed E-state index contributed by atoms with van der Waals surface area (Å²) in [6.07, 6.45) is 5.87. The van der Waals surface area contributed by atoms with Gasteiger partial charge in [-0.2, -0.15) is 0 Å². The monoisotopic (exact) mass is 472 g/mol. The van der Waals surface area contributed by atoms with E-state index < -0.39 is 0 Å². The molecule has 3 rings (SSSR count). The summed E-state index contributed by atoms with van der Waals surface area (Å²) in [5.41, 5.74) is 3.85. The Kier molecular flexibility index (Phi) is 9.88. The average molecular weight is 473 g/mol. The van der Waals surface area contributed by atoms with E-state index in [1.54, 1.807) is 30.3 Å². The number of halogens is 1. The Hall–Kier alpha value is -2.90. The SMILES string of the molecule is CCCOc1c(CN(C)C(=O)C=Cc2cnc3c(c2)CNCC(=O)N3)cccc1C(C)C.Cl. The topological polar surface area (TPSA) is 83.6 Å². The number of fused-ring (bicyclic) bond motifs is 1. The van der Waals surface area contributed by atoms with Gasteiger partial charge >= 0.3 is 0 Å². The molecule has 1 aliphatic heterocycles. The molecule has 1 aromatic carbocycles. The van der Waals surface area contributed by atoms with Gasteiger partial charge in [-0.05, 0) is 35.6 Å². The fourth-order valence-electron chi connectivity index (χ4n) is 3.55. The molecule has 0 aliphatic carbocycles. The zero-order valence-electron chi connectivity index (χ0n) is 19.7. The number of amides is 2. The highest BCUT2D eigenvalue weighted by Crippen LogP contribution is 2.31. The van der Waals surface area contributed by atoms with Crippen molar-refractivity contribution in [3.8, 4) is 5.75 Å². The van der Waals surface area contributed by atoms with Gasteiger partial charge in [0, 0.05) is 43.5 Å². The third-order valence-electron chi connectivity index (χ3n) is 5.25. The van der Waals surface area contributed by atoms with Crippen molar-refractivity contribution in [3.05, 3.63) is 58.8 Å². The smallest absolute Gasteiger partial charge is 0.246 e. The maximum atomic E-state index is 12.8. The van der Waals surface area contributed by atoms with Crippen LogP contribution < -0.4 is 15.4 Å². The molecule has 2 N–H and O–H groups in total. The van der Waals surface area contributed by atoms with Gasteiger partial charge in [0.25, 0.3) is 0 Å². The molecule has 2 amide bonds. The van der Waals surface area contributed by atoms with E-state index in [9.17, 15) is 9.59 Å². The second kappa shape index (κ2) is 12.4. The summed E-state index contributed by atoms with van der Waals surface area (Å²) in [4.78, 5) is 30.4. The number of benzene rings is 1. The van der Waals surface area contributed by atoms with Gasteiger partial charge < -0.3 is 20.3 Å². The zero-order valence-corrected chi connectivity index (χ0v) is 20.5. The van der Waals surface area contributed by atoms with E-state index >= 15 is 0 Å². The van der Waals surface area contributed by atoms with Gasteiger partial charge in [0.05, 0.1) is 13.2 Å². The number of ether oxygens (including phenoxy) is 1. The van der Waals surface area contributed by atoms with Crippen molar-refractivity contribution in [2.75, 3.05) is 25.5 Å². The number of nitrogens with zero attached hydrogens (tertiary/aromatic N) is 2. The van der Waals surface area contributed by atoms with Gasteiger partial charge in [0.2, 0.25) is 11.8 Å². The lowest BCUT2D eigenvalue weighted by molar-refractivity contribution is -0.125. The molecule has 7 nitrogen and oxygen atoms in total. The summed E-state index contributed by atoms with van der Waals surface area (Å²) >= 11 is 0. The summed E-state index contributed by atoms with van der Waals surface area (Å²) in [7, 11) is 1.78. The van der Waals surface area contributed by atoms with Crippen molar-refractivity contribution < 1.29 is 14.3 Å². The van der Waals surface area contributed by atoms with Gasteiger partial charge in [0.1, 0.15) is 11.6 Å². The van der Waals surface area contributed by atoms with Gasteiger partial charge in [-0.25, -0.2) is 4.98 Å². The molecule has 178 valence electrons. The summed E-state index contributed by atoms with van der Waals surface area (Å²) in [5, 5.41) is 5.83. The molecule has 0 unspecified atom stereocenters. The van der Waals surface area contributed by atoms with Crippen LogP contribution in [0.1, 0.15) is 55.4 Å². The molecular formula is C25H33ClN4O3. The Morgan fingerprint density at radius 3 is 2.82 bits per heavy atom. The number of hydrogen-bond acceptors (Lipinski definition) is 5. The maximum Gasteiger partial charge on any atom is 0.246 e. The number of nitrogens with one attached hydrogen (secondary N) is 2. The zero-order chi connectivity index (χ0) is 23.1. The summed E-state index contributed by atoms with van der Waals surface area (Å²) in [5.74, 6) is 1.56. The summed E-state index contributed by atoms with van der Waals surface area (Å²) < 4.78 is 6.06. The first-order valence-electron chi connectivity index (χ1n) is 11.1. The number of carbonyl (C=O) groups excluding carboxylic acids is 2. The van der Waals surface area contributed by atoms with Crippen LogP contribution in [0.4, 0.5) is 5.82 Å².